The van der Waals surface area contributed by atoms with E-state index in [-0.39, 0.29) is 5.82 Å². The van der Waals surface area contributed by atoms with Crippen molar-refractivity contribution < 1.29 is 4.39 Å². The van der Waals surface area contributed by atoms with Gasteiger partial charge in [-0.3, -0.25) is 0 Å². The van der Waals surface area contributed by atoms with Gasteiger partial charge in [0.05, 0.1) is 5.69 Å². The van der Waals surface area contributed by atoms with Crippen molar-refractivity contribution in [1.29, 1.82) is 0 Å². The molecule has 4 rings (SSSR count). The summed E-state index contributed by atoms with van der Waals surface area (Å²) in [7, 11) is 1.82. The van der Waals surface area contributed by atoms with Crippen molar-refractivity contribution in [3.8, 4) is 11.3 Å². The van der Waals surface area contributed by atoms with Crippen molar-refractivity contribution in [3.05, 3.63) is 71.7 Å². The molecule has 27 heavy (non-hydrogen) atoms. The Labute approximate surface area is 156 Å². The molecule has 0 amide bonds. The highest BCUT2D eigenvalue weighted by atomic mass is 19.1. The second-order valence-electron chi connectivity index (χ2n) is 6.35. The zero-order valence-corrected chi connectivity index (χ0v) is 15.2. The molecular formula is C21H20FN5. The van der Waals surface area contributed by atoms with Gasteiger partial charge in [0.1, 0.15) is 11.6 Å². The lowest BCUT2D eigenvalue weighted by atomic mass is 10.0. The molecule has 136 valence electrons. The minimum Gasteiger partial charge on any atom is -0.373 e. The van der Waals surface area contributed by atoms with Crippen LogP contribution < -0.4 is 10.6 Å². The van der Waals surface area contributed by atoms with E-state index in [1.807, 2.05) is 38.2 Å². The number of hydrogen-bond acceptors (Lipinski definition) is 4. The van der Waals surface area contributed by atoms with Crippen LogP contribution in [-0.4, -0.2) is 22.0 Å². The van der Waals surface area contributed by atoms with Gasteiger partial charge >= 0.3 is 0 Å². The van der Waals surface area contributed by atoms with Crippen molar-refractivity contribution >= 4 is 22.7 Å². The number of hydrogen-bond donors (Lipinski definition) is 3. The van der Waals surface area contributed by atoms with Gasteiger partial charge in [0, 0.05) is 36.3 Å². The number of rotatable bonds is 5. The maximum Gasteiger partial charge on any atom is 0.224 e. The summed E-state index contributed by atoms with van der Waals surface area (Å²) in [5, 5.41) is 7.31. The van der Waals surface area contributed by atoms with Gasteiger partial charge in [0.15, 0.2) is 0 Å². The maximum absolute atomic E-state index is 14.2. The average molecular weight is 361 g/mol. The third-order valence-corrected chi connectivity index (χ3v) is 4.63. The van der Waals surface area contributed by atoms with E-state index >= 15 is 0 Å². The molecule has 0 saturated heterocycles. The SMILES string of the molecule is CNc1ccnc(NCc2ccc3[nH]c(-c4ccccc4F)c(C)c3c2)n1. The summed E-state index contributed by atoms with van der Waals surface area (Å²) < 4.78 is 14.2. The number of fused-ring (bicyclic) bond motifs is 1. The van der Waals surface area contributed by atoms with Gasteiger partial charge in [0.2, 0.25) is 5.95 Å². The van der Waals surface area contributed by atoms with Crippen molar-refractivity contribution in [1.82, 2.24) is 15.0 Å². The normalized spacial score (nSPS) is 10.9. The molecule has 2 aromatic carbocycles. The number of aromatic nitrogens is 3. The Kier molecular flexibility index (Phi) is 4.46. The molecule has 6 heteroatoms. The summed E-state index contributed by atoms with van der Waals surface area (Å²) in [6.45, 7) is 2.61. The molecule has 0 aliphatic rings. The highest BCUT2D eigenvalue weighted by Gasteiger charge is 2.13. The second kappa shape index (κ2) is 7.07. The van der Waals surface area contributed by atoms with E-state index in [4.69, 9.17) is 0 Å². The fourth-order valence-electron chi connectivity index (χ4n) is 3.18. The highest BCUT2D eigenvalue weighted by Crippen LogP contribution is 2.31. The van der Waals surface area contributed by atoms with Crippen molar-refractivity contribution in [2.45, 2.75) is 13.5 Å². The minimum absolute atomic E-state index is 0.226. The number of halogens is 1. The van der Waals surface area contributed by atoms with Crippen molar-refractivity contribution in [3.63, 3.8) is 0 Å². The molecule has 2 heterocycles. The molecule has 4 aromatic rings. The summed E-state index contributed by atoms with van der Waals surface area (Å²) in [6.07, 6.45) is 1.71. The summed E-state index contributed by atoms with van der Waals surface area (Å²) in [4.78, 5) is 11.9. The molecule has 0 unspecified atom stereocenters. The quantitative estimate of drug-likeness (QED) is 0.481. The van der Waals surface area contributed by atoms with Gasteiger partial charge in [-0.15, -0.1) is 0 Å². The van der Waals surface area contributed by atoms with Crippen LogP contribution in [0.4, 0.5) is 16.2 Å². The van der Waals surface area contributed by atoms with Gasteiger partial charge in [-0.1, -0.05) is 18.2 Å². The number of aryl methyl sites for hydroxylation is 1. The smallest absolute Gasteiger partial charge is 0.224 e. The summed E-state index contributed by atoms with van der Waals surface area (Å²) in [5.74, 6) is 1.11. The number of nitrogens with one attached hydrogen (secondary N) is 3. The molecule has 0 spiro atoms. The van der Waals surface area contributed by atoms with E-state index in [0.29, 0.717) is 18.1 Å². The van der Waals surface area contributed by atoms with E-state index in [1.54, 1.807) is 18.3 Å². The third kappa shape index (κ3) is 3.33. The van der Waals surface area contributed by atoms with Crippen LogP contribution in [0.15, 0.2) is 54.7 Å². The lowest BCUT2D eigenvalue weighted by Crippen LogP contribution is -2.04. The van der Waals surface area contributed by atoms with Crippen LogP contribution in [0.3, 0.4) is 0 Å². The van der Waals surface area contributed by atoms with Crippen LogP contribution in [0.5, 0.6) is 0 Å². The van der Waals surface area contributed by atoms with Crippen molar-refractivity contribution in [2.24, 2.45) is 0 Å². The Morgan fingerprint density at radius 1 is 1.11 bits per heavy atom. The molecule has 0 radical (unpaired) electrons. The lowest BCUT2D eigenvalue weighted by molar-refractivity contribution is 0.631. The Morgan fingerprint density at radius 2 is 1.96 bits per heavy atom. The molecule has 0 fully saturated rings. The van der Waals surface area contributed by atoms with Crippen LogP contribution in [0, 0.1) is 12.7 Å². The highest BCUT2D eigenvalue weighted by molar-refractivity contribution is 5.91. The standard InChI is InChI=1S/C21H20FN5/c1-13-16-11-14(12-25-21-24-10-9-19(23-2)27-21)7-8-18(16)26-20(13)15-5-3-4-6-17(15)22/h3-11,26H,12H2,1-2H3,(H2,23,24,25,27). The maximum atomic E-state index is 14.2. The van der Waals surface area contributed by atoms with Gasteiger partial charge in [-0.2, -0.15) is 4.98 Å². The number of anilines is 2. The molecule has 3 N–H and O–H groups in total. The van der Waals surface area contributed by atoms with Gasteiger partial charge in [0.25, 0.3) is 0 Å². The number of benzene rings is 2. The summed E-state index contributed by atoms with van der Waals surface area (Å²) >= 11 is 0. The molecule has 5 nitrogen and oxygen atoms in total. The molecule has 2 aromatic heterocycles. The van der Waals surface area contributed by atoms with E-state index < -0.39 is 0 Å². The molecule has 0 saturated carbocycles. The van der Waals surface area contributed by atoms with Crippen LogP contribution in [-0.2, 0) is 6.54 Å². The van der Waals surface area contributed by atoms with E-state index in [0.717, 1.165) is 33.5 Å². The minimum atomic E-state index is -0.226. The van der Waals surface area contributed by atoms with E-state index in [1.165, 1.54) is 6.07 Å². The molecule has 0 aliphatic heterocycles. The average Bonchev–Trinajstić information content (AvgIpc) is 3.03. The second-order valence-corrected chi connectivity index (χ2v) is 6.35. The lowest BCUT2D eigenvalue weighted by Gasteiger charge is -2.07. The van der Waals surface area contributed by atoms with Crippen LogP contribution in [0.1, 0.15) is 11.1 Å². The topological polar surface area (TPSA) is 65.6 Å². The number of nitrogens with zero attached hydrogens (tertiary/aromatic N) is 2. The Hall–Kier alpha value is -3.41. The summed E-state index contributed by atoms with van der Waals surface area (Å²) in [5.41, 5.74) is 4.53. The van der Waals surface area contributed by atoms with Crippen LogP contribution in [0.25, 0.3) is 22.2 Å². The van der Waals surface area contributed by atoms with Crippen LogP contribution >= 0.6 is 0 Å². The Bertz CT molecular complexity index is 1100. The number of H-pyrrole nitrogens is 1. The predicted octanol–water partition coefficient (Wildman–Crippen LogP) is 4.73. The first kappa shape index (κ1) is 17.0. The summed E-state index contributed by atoms with van der Waals surface area (Å²) in [6, 6.07) is 14.8. The monoisotopic (exact) mass is 361 g/mol. The van der Waals surface area contributed by atoms with Gasteiger partial charge < -0.3 is 15.6 Å². The fourth-order valence-corrected chi connectivity index (χ4v) is 3.18. The van der Waals surface area contributed by atoms with E-state index in [9.17, 15) is 4.39 Å². The van der Waals surface area contributed by atoms with Crippen molar-refractivity contribution in [2.75, 3.05) is 17.7 Å². The first-order chi connectivity index (χ1) is 13.2. The molecule has 0 aliphatic carbocycles. The Morgan fingerprint density at radius 3 is 2.78 bits per heavy atom. The Balaban J connectivity index is 1.62. The van der Waals surface area contributed by atoms with Gasteiger partial charge in [-0.25, -0.2) is 9.37 Å². The zero-order valence-electron chi connectivity index (χ0n) is 15.2. The number of aromatic amines is 1. The molecular weight excluding hydrogens is 341 g/mol. The van der Waals surface area contributed by atoms with E-state index in [2.05, 4.69) is 31.7 Å². The van der Waals surface area contributed by atoms with Gasteiger partial charge in [-0.05, 0) is 48.4 Å². The fraction of sp³-hybridized carbons (Fsp3) is 0.143. The zero-order chi connectivity index (χ0) is 18.8. The van der Waals surface area contributed by atoms with Crippen LogP contribution in [0.2, 0.25) is 0 Å². The largest absolute Gasteiger partial charge is 0.373 e. The first-order valence-corrected chi connectivity index (χ1v) is 8.76. The predicted molar refractivity (Wildman–Crippen MR) is 107 cm³/mol. The third-order valence-electron chi connectivity index (χ3n) is 4.63. The molecule has 0 bridgehead atoms. The molecule has 0 atom stereocenters. The first-order valence-electron chi connectivity index (χ1n) is 8.76.